The molecular weight excluding hydrogens is 253 g/mol. The van der Waals surface area contributed by atoms with E-state index in [0.717, 1.165) is 37.7 Å². The summed E-state index contributed by atoms with van der Waals surface area (Å²) in [6.45, 7) is 6.66. The van der Waals surface area contributed by atoms with Gasteiger partial charge in [0.1, 0.15) is 5.82 Å². The Bertz CT molecular complexity index is 375. The number of unbranched alkanes of at least 4 members (excludes halogenated alkanes) is 1. The summed E-state index contributed by atoms with van der Waals surface area (Å²) in [5, 5.41) is 13.7. The van der Waals surface area contributed by atoms with E-state index in [1.54, 1.807) is 0 Å². The van der Waals surface area contributed by atoms with Crippen LogP contribution in [0.2, 0.25) is 0 Å². The van der Waals surface area contributed by atoms with Crippen molar-refractivity contribution in [2.45, 2.75) is 64.5 Å². The van der Waals surface area contributed by atoms with Gasteiger partial charge in [-0.3, -0.25) is 0 Å². The smallest absolute Gasteiger partial charge is 0.123 e. The standard InChI is InChI=1S/C17H28FNO/c1-4-6-7-16(14-8-10-15(18)11-9-14)19-13-17(3,20)12-5-2/h8-11,16,19-20H,4-7,12-13H2,1-3H3. The van der Waals surface area contributed by atoms with Crippen molar-refractivity contribution in [2.24, 2.45) is 0 Å². The van der Waals surface area contributed by atoms with E-state index in [2.05, 4.69) is 19.2 Å². The Labute approximate surface area is 122 Å². The van der Waals surface area contributed by atoms with Gasteiger partial charge >= 0.3 is 0 Å². The normalized spacial score (nSPS) is 15.8. The van der Waals surface area contributed by atoms with Gasteiger partial charge in [0.25, 0.3) is 0 Å². The molecule has 0 radical (unpaired) electrons. The van der Waals surface area contributed by atoms with Crippen molar-refractivity contribution in [3.8, 4) is 0 Å². The second-order valence-electron chi connectivity index (χ2n) is 5.87. The fourth-order valence-electron chi connectivity index (χ4n) is 2.46. The van der Waals surface area contributed by atoms with Crippen LogP contribution in [0.5, 0.6) is 0 Å². The molecule has 1 rings (SSSR count). The Morgan fingerprint density at radius 3 is 2.40 bits per heavy atom. The van der Waals surface area contributed by atoms with Gasteiger partial charge in [-0.15, -0.1) is 0 Å². The van der Waals surface area contributed by atoms with Gasteiger partial charge in [-0.25, -0.2) is 4.39 Å². The Balaban J connectivity index is 2.67. The average Bonchev–Trinajstić information content (AvgIpc) is 2.40. The van der Waals surface area contributed by atoms with Crippen LogP contribution in [0.3, 0.4) is 0 Å². The van der Waals surface area contributed by atoms with Crippen LogP contribution in [-0.2, 0) is 0 Å². The van der Waals surface area contributed by atoms with Gasteiger partial charge in [0.05, 0.1) is 5.60 Å². The van der Waals surface area contributed by atoms with Crippen LogP contribution in [0.4, 0.5) is 4.39 Å². The van der Waals surface area contributed by atoms with Crippen LogP contribution in [0.1, 0.15) is 64.5 Å². The molecule has 2 unspecified atom stereocenters. The summed E-state index contributed by atoms with van der Waals surface area (Å²) in [4.78, 5) is 0. The van der Waals surface area contributed by atoms with Gasteiger partial charge in [-0.2, -0.15) is 0 Å². The molecule has 1 aromatic carbocycles. The lowest BCUT2D eigenvalue weighted by molar-refractivity contribution is 0.0467. The molecule has 0 amide bonds. The summed E-state index contributed by atoms with van der Waals surface area (Å²) in [5.74, 6) is -0.207. The van der Waals surface area contributed by atoms with Crippen molar-refractivity contribution in [2.75, 3.05) is 6.54 Å². The molecule has 2 N–H and O–H groups in total. The van der Waals surface area contributed by atoms with Crippen LogP contribution in [0.25, 0.3) is 0 Å². The Morgan fingerprint density at radius 2 is 1.85 bits per heavy atom. The first-order valence-electron chi connectivity index (χ1n) is 7.69. The van der Waals surface area contributed by atoms with E-state index in [1.807, 2.05) is 19.1 Å². The first-order valence-corrected chi connectivity index (χ1v) is 7.69. The monoisotopic (exact) mass is 281 g/mol. The molecule has 2 atom stereocenters. The maximum absolute atomic E-state index is 13.0. The van der Waals surface area contributed by atoms with Crippen molar-refractivity contribution in [3.05, 3.63) is 35.6 Å². The topological polar surface area (TPSA) is 32.3 Å². The first-order chi connectivity index (χ1) is 9.48. The third kappa shape index (κ3) is 6.02. The Kier molecular flexibility index (Phi) is 7.17. The molecule has 0 aliphatic carbocycles. The third-order valence-electron chi connectivity index (χ3n) is 3.64. The summed E-state index contributed by atoms with van der Waals surface area (Å²) >= 11 is 0. The van der Waals surface area contributed by atoms with Crippen molar-refractivity contribution < 1.29 is 9.50 Å². The highest BCUT2D eigenvalue weighted by molar-refractivity contribution is 5.20. The highest BCUT2D eigenvalue weighted by Gasteiger charge is 2.21. The molecule has 0 saturated heterocycles. The summed E-state index contributed by atoms with van der Waals surface area (Å²) < 4.78 is 13.0. The molecule has 3 heteroatoms. The van der Waals surface area contributed by atoms with Crippen molar-refractivity contribution in [1.82, 2.24) is 5.32 Å². The highest BCUT2D eigenvalue weighted by Crippen LogP contribution is 2.21. The predicted molar refractivity (Wildman–Crippen MR) is 82.2 cm³/mol. The fourth-order valence-corrected chi connectivity index (χ4v) is 2.46. The molecule has 1 aromatic rings. The van der Waals surface area contributed by atoms with Crippen molar-refractivity contribution >= 4 is 0 Å². The average molecular weight is 281 g/mol. The van der Waals surface area contributed by atoms with E-state index in [1.165, 1.54) is 12.1 Å². The Hall–Kier alpha value is -0.930. The van der Waals surface area contributed by atoms with Gasteiger partial charge in [0.15, 0.2) is 0 Å². The number of benzene rings is 1. The molecule has 2 nitrogen and oxygen atoms in total. The van der Waals surface area contributed by atoms with Crippen LogP contribution in [-0.4, -0.2) is 17.3 Å². The van der Waals surface area contributed by atoms with Crippen LogP contribution in [0, 0.1) is 5.82 Å². The zero-order valence-electron chi connectivity index (χ0n) is 13.0. The van der Waals surface area contributed by atoms with Gasteiger partial charge in [0.2, 0.25) is 0 Å². The van der Waals surface area contributed by atoms with Gasteiger partial charge in [-0.1, -0.05) is 45.2 Å². The van der Waals surface area contributed by atoms with Crippen LogP contribution < -0.4 is 5.32 Å². The molecule has 0 spiro atoms. The summed E-state index contributed by atoms with van der Waals surface area (Å²) in [7, 11) is 0. The zero-order valence-corrected chi connectivity index (χ0v) is 13.0. The summed E-state index contributed by atoms with van der Waals surface area (Å²) in [6, 6.07) is 6.84. The molecular formula is C17H28FNO. The minimum atomic E-state index is -0.681. The molecule has 0 aliphatic heterocycles. The number of hydrogen-bond acceptors (Lipinski definition) is 2. The molecule has 0 fully saturated rings. The number of halogens is 1. The molecule has 114 valence electrons. The molecule has 0 heterocycles. The van der Waals surface area contributed by atoms with E-state index in [9.17, 15) is 9.50 Å². The zero-order chi connectivity index (χ0) is 15.0. The molecule has 0 bridgehead atoms. The number of hydrogen-bond donors (Lipinski definition) is 2. The lowest BCUT2D eigenvalue weighted by Gasteiger charge is -2.27. The third-order valence-corrected chi connectivity index (χ3v) is 3.64. The van der Waals surface area contributed by atoms with Crippen LogP contribution in [0.15, 0.2) is 24.3 Å². The molecule has 0 aliphatic rings. The largest absolute Gasteiger partial charge is 0.389 e. The molecule has 20 heavy (non-hydrogen) atoms. The van der Waals surface area contributed by atoms with Gasteiger partial charge < -0.3 is 10.4 Å². The highest BCUT2D eigenvalue weighted by atomic mass is 19.1. The van der Waals surface area contributed by atoms with Gasteiger partial charge in [0, 0.05) is 12.6 Å². The Morgan fingerprint density at radius 1 is 1.20 bits per heavy atom. The lowest BCUT2D eigenvalue weighted by atomic mass is 9.97. The lowest BCUT2D eigenvalue weighted by Crippen LogP contribution is -2.39. The number of aliphatic hydroxyl groups is 1. The minimum absolute atomic E-state index is 0.180. The summed E-state index contributed by atoms with van der Waals surface area (Å²) in [6.07, 6.45) is 4.99. The number of rotatable bonds is 9. The van der Waals surface area contributed by atoms with Crippen molar-refractivity contribution in [3.63, 3.8) is 0 Å². The fraction of sp³-hybridized carbons (Fsp3) is 0.647. The van der Waals surface area contributed by atoms with Gasteiger partial charge in [-0.05, 0) is 37.5 Å². The maximum atomic E-state index is 13.0. The molecule has 0 saturated carbocycles. The van der Waals surface area contributed by atoms with E-state index in [4.69, 9.17) is 0 Å². The van der Waals surface area contributed by atoms with E-state index < -0.39 is 5.60 Å². The first kappa shape index (κ1) is 17.1. The van der Waals surface area contributed by atoms with E-state index in [-0.39, 0.29) is 11.9 Å². The second kappa shape index (κ2) is 8.38. The maximum Gasteiger partial charge on any atom is 0.123 e. The van der Waals surface area contributed by atoms with E-state index in [0.29, 0.717) is 6.54 Å². The van der Waals surface area contributed by atoms with Crippen LogP contribution >= 0.6 is 0 Å². The van der Waals surface area contributed by atoms with Crippen molar-refractivity contribution in [1.29, 1.82) is 0 Å². The number of nitrogens with one attached hydrogen (secondary N) is 1. The quantitative estimate of drug-likeness (QED) is 0.711. The second-order valence-corrected chi connectivity index (χ2v) is 5.87. The SMILES string of the molecule is CCCCC(NCC(C)(O)CCC)c1ccc(F)cc1. The predicted octanol–water partition coefficient (Wildman–Crippen LogP) is 4.20. The summed E-state index contributed by atoms with van der Waals surface area (Å²) in [5.41, 5.74) is 0.409. The minimum Gasteiger partial charge on any atom is -0.389 e. The van der Waals surface area contributed by atoms with E-state index >= 15 is 0 Å². The molecule has 0 aromatic heterocycles.